The van der Waals surface area contributed by atoms with Crippen molar-refractivity contribution in [3.8, 4) is 6.07 Å². The van der Waals surface area contributed by atoms with E-state index in [4.69, 9.17) is 5.26 Å². The Morgan fingerprint density at radius 1 is 1.29 bits per heavy atom. The van der Waals surface area contributed by atoms with Crippen LogP contribution in [0.3, 0.4) is 0 Å². The van der Waals surface area contributed by atoms with E-state index in [9.17, 15) is 9.59 Å². The molecular weight excluding hydrogens is 214 g/mol. The first-order chi connectivity index (χ1) is 8.11. The topological polar surface area (TPSA) is 57.9 Å². The van der Waals surface area contributed by atoms with E-state index in [0.29, 0.717) is 18.4 Å². The van der Waals surface area contributed by atoms with E-state index >= 15 is 0 Å². The second-order valence-corrected chi connectivity index (χ2v) is 4.50. The number of nitrogens with zero attached hydrogens (tertiary/aromatic N) is 1. The van der Waals surface area contributed by atoms with Crippen molar-refractivity contribution >= 4 is 11.6 Å². The highest BCUT2D eigenvalue weighted by molar-refractivity contribution is 5.91. The van der Waals surface area contributed by atoms with Crippen LogP contribution >= 0.6 is 0 Å². The second-order valence-electron chi connectivity index (χ2n) is 4.50. The zero-order valence-corrected chi connectivity index (χ0v) is 9.64. The summed E-state index contributed by atoms with van der Waals surface area (Å²) in [6.45, 7) is 1.54. The minimum absolute atomic E-state index is 0.00672. The summed E-state index contributed by atoms with van der Waals surface area (Å²) >= 11 is 0. The van der Waals surface area contributed by atoms with Gasteiger partial charge in [-0.15, -0.1) is 0 Å². The van der Waals surface area contributed by atoms with Crippen LogP contribution in [0.2, 0.25) is 0 Å². The summed E-state index contributed by atoms with van der Waals surface area (Å²) in [6.07, 6.45) is 0.802. The monoisotopic (exact) mass is 227 g/mol. The average molecular weight is 227 g/mol. The van der Waals surface area contributed by atoms with Crippen molar-refractivity contribution in [2.75, 3.05) is 0 Å². The number of carbonyl (C=O) groups is 2. The van der Waals surface area contributed by atoms with Gasteiger partial charge in [0.15, 0.2) is 0 Å². The van der Waals surface area contributed by atoms with Crippen LogP contribution in [0.25, 0.3) is 0 Å². The van der Waals surface area contributed by atoms with Gasteiger partial charge in [0.1, 0.15) is 11.6 Å². The summed E-state index contributed by atoms with van der Waals surface area (Å²) in [5, 5.41) is 8.72. The van der Waals surface area contributed by atoms with Crippen LogP contribution in [0.15, 0.2) is 24.3 Å². The standard InChI is InChI=1S/C14H13NO2/c1-9(16)13-6-12(17)7-14(13)11-4-2-10(8-15)3-5-11/h2-5,13-14H,6-7H2,1H3/t13-,14?/m1/s1. The molecule has 0 radical (unpaired) electrons. The predicted octanol–water partition coefficient (Wildman–Crippen LogP) is 2.21. The molecule has 2 rings (SSSR count). The smallest absolute Gasteiger partial charge is 0.134 e. The Morgan fingerprint density at radius 3 is 2.47 bits per heavy atom. The molecule has 3 nitrogen and oxygen atoms in total. The van der Waals surface area contributed by atoms with E-state index in [1.54, 1.807) is 19.1 Å². The summed E-state index contributed by atoms with van der Waals surface area (Å²) in [6, 6.07) is 9.21. The lowest BCUT2D eigenvalue weighted by Crippen LogP contribution is -2.14. The molecule has 0 aliphatic heterocycles. The van der Waals surface area contributed by atoms with Crippen molar-refractivity contribution in [1.82, 2.24) is 0 Å². The first-order valence-electron chi connectivity index (χ1n) is 5.64. The molecule has 1 unspecified atom stereocenters. The fraction of sp³-hybridized carbons (Fsp3) is 0.357. The van der Waals surface area contributed by atoms with Gasteiger partial charge in [0.05, 0.1) is 11.6 Å². The highest BCUT2D eigenvalue weighted by atomic mass is 16.1. The molecule has 0 aromatic heterocycles. The van der Waals surface area contributed by atoms with Gasteiger partial charge in [0, 0.05) is 24.7 Å². The van der Waals surface area contributed by atoms with Crippen LogP contribution in [0.1, 0.15) is 36.8 Å². The number of carbonyl (C=O) groups excluding carboxylic acids is 2. The third kappa shape index (κ3) is 2.26. The van der Waals surface area contributed by atoms with Gasteiger partial charge in [-0.05, 0) is 24.6 Å². The van der Waals surface area contributed by atoms with Gasteiger partial charge < -0.3 is 0 Å². The highest BCUT2D eigenvalue weighted by Gasteiger charge is 2.36. The predicted molar refractivity (Wildman–Crippen MR) is 62.3 cm³/mol. The van der Waals surface area contributed by atoms with Crippen LogP contribution < -0.4 is 0 Å². The number of hydrogen-bond acceptors (Lipinski definition) is 3. The molecule has 1 fully saturated rings. The van der Waals surface area contributed by atoms with E-state index in [0.717, 1.165) is 5.56 Å². The van der Waals surface area contributed by atoms with Crippen LogP contribution in [0.5, 0.6) is 0 Å². The molecule has 0 spiro atoms. The molecule has 1 aliphatic carbocycles. The van der Waals surface area contributed by atoms with Gasteiger partial charge >= 0.3 is 0 Å². The van der Waals surface area contributed by atoms with Crippen molar-refractivity contribution in [2.45, 2.75) is 25.7 Å². The molecule has 3 heteroatoms. The summed E-state index contributed by atoms with van der Waals surface area (Å²) in [7, 11) is 0. The van der Waals surface area contributed by atoms with E-state index in [1.807, 2.05) is 12.1 Å². The van der Waals surface area contributed by atoms with Gasteiger partial charge in [-0.3, -0.25) is 9.59 Å². The molecule has 0 bridgehead atoms. The van der Waals surface area contributed by atoms with E-state index in [1.165, 1.54) is 0 Å². The maximum Gasteiger partial charge on any atom is 0.134 e. The summed E-state index contributed by atoms with van der Waals surface area (Å²) < 4.78 is 0. The Balaban J connectivity index is 2.29. The molecule has 1 aromatic rings. The Kier molecular flexibility index (Phi) is 3.06. The minimum atomic E-state index is -0.185. The first-order valence-corrected chi connectivity index (χ1v) is 5.64. The van der Waals surface area contributed by atoms with Gasteiger partial charge in [-0.1, -0.05) is 12.1 Å². The van der Waals surface area contributed by atoms with E-state index < -0.39 is 0 Å². The third-order valence-electron chi connectivity index (χ3n) is 3.37. The van der Waals surface area contributed by atoms with Crippen molar-refractivity contribution in [1.29, 1.82) is 5.26 Å². The van der Waals surface area contributed by atoms with E-state index in [2.05, 4.69) is 6.07 Å². The number of benzene rings is 1. The number of Topliss-reactive ketones (excluding diaryl/α,β-unsaturated/α-hetero) is 2. The second kappa shape index (κ2) is 4.50. The average Bonchev–Trinajstić information content (AvgIpc) is 2.72. The first kappa shape index (κ1) is 11.5. The quantitative estimate of drug-likeness (QED) is 0.778. The third-order valence-corrected chi connectivity index (χ3v) is 3.37. The van der Waals surface area contributed by atoms with Crippen LogP contribution in [-0.2, 0) is 9.59 Å². The van der Waals surface area contributed by atoms with Crippen LogP contribution in [0.4, 0.5) is 0 Å². The lowest BCUT2D eigenvalue weighted by Gasteiger charge is -2.16. The van der Waals surface area contributed by atoms with Gasteiger partial charge in [-0.25, -0.2) is 0 Å². The molecule has 0 heterocycles. The number of nitriles is 1. The summed E-state index contributed by atoms with van der Waals surface area (Å²) in [5.74, 6) is 0.0351. The van der Waals surface area contributed by atoms with E-state index in [-0.39, 0.29) is 23.4 Å². The van der Waals surface area contributed by atoms with Crippen molar-refractivity contribution < 1.29 is 9.59 Å². The van der Waals surface area contributed by atoms with Gasteiger partial charge in [0.2, 0.25) is 0 Å². The van der Waals surface area contributed by atoms with Gasteiger partial charge in [0.25, 0.3) is 0 Å². The maximum atomic E-state index is 11.5. The van der Waals surface area contributed by atoms with Gasteiger partial charge in [-0.2, -0.15) is 5.26 Å². The Bertz CT molecular complexity index is 496. The SMILES string of the molecule is CC(=O)[C@H]1CC(=O)CC1c1ccc(C#N)cc1. The fourth-order valence-electron chi connectivity index (χ4n) is 2.44. The molecule has 0 N–H and O–H groups in total. The fourth-order valence-corrected chi connectivity index (χ4v) is 2.44. The maximum absolute atomic E-state index is 11.5. The molecular formula is C14H13NO2. The molecule has 86 valence electrons. The minimum Gasteiger partial charge on any atom is -0.300 e. The summed E-state index contributed by atoms with van der Waals surface area (Å²) in [5.41, 5.74) is 1.58. The molecule has 1 saturated carbocycles. The zero-order chi connectivity index (χ0) is 12.4. The van der Waals surface area contributed by atoms with Crippen LogP contribution in [0, 0.1) is 17.2 Å². The highest BCUT2D eigenvalue weighted by Crippen LogP contribution is 2.38. The lowest BCUT2D eigenvalue weighted by molar-refractivity contribution is -0.123. The molecule has 2 atom stereocenters. The largest absolute Gasteiger partial charge is 0.300 e. The normalized spacial score (nSPS) is 23.4. The Labute approximate surface area is 100 Å². The number of rotatable bonds is 2. The molecule has 0 saturated heterocycles. The molecule has 17 heavy (non-hydrogen) atoms. The lowest BCUT2D eigenvalue weighted by atomic mass is 9.86. The van der Waals surface area contributed by atoms with Crippen molar-refractivity contribution in [3.63, 3.8) is 0 Å². The Hall–Kier alpha value is -1.95. The number of hydrogen-bond donors (Lipinski definition) is 0. The summed E-state index contributed by atoms with van der Waals surface area (Å²) in [4.78, 5) is 23.0. The Morgan fingerprint density at radius 2 is 1.94 bits per heavy atom. The molecule has 1 aromatic carbocycles. The number of ketones is 2. The van der Waals surface area contributed by atoms with Crippen LogP contribution in [-0.4, -0.2) is 11.6 Å². The molecule has 0 amide bonds. The molecule has 1 aliphatic rings. The van der Waals surface area contributed by atoms with Crippen molar-refractivity contribution in [3.05, 3.63) is 35.4 Å². The zero-order valence-electron chi connectivity index (χ0n) is 9.64. The van der Waals surface area contributed by atoms with Crippen molar-refractivity contribution in [2.24, 2.45) is 5.92 Å².